The number of rotatable bonds is 2. The Bertz CT molecular complexity index is 517. The molecule has 0 amide bonds. The maximum Gasteiger partial charge on any atom is 0.138 e. The normalized spacial score (nSPS) is 17.7. The van der Waals surface area contributed by atoms with Crippen LogP contribution in [0.3, 0.4) is 0 Å². The van der Waals surface area contributed by atoms with Gasteiger partial charge in [-0.3, -0.25) is 0 Å². The Morgan fingerprint density at radius 2 is 2.24 bits per heavy atom. The number of pyridine rings is 1. The number of H-pyrrole nitrogens is 1. The summed E-state index contributed by atoms with van der Waals surface area (Å²) in [6.07, 6.45) is 5.10. The summed E-state index contributed by atoms with van der Waals surface area (Å²) in [7, 11) is 0. The molecule has 1 aliphatic rings. The molecule has 1 aliphatic heterocycles. The predicted octanol–water partition coefficient (Wildman–Crippen LogP) is 3.19. The molecule has 90 valence electrons. The van der Waals surface area contributed by atoms with E-state index in [4.69, 9.17) is 16.3 Å². The summed E-state index contributed by atoms with van der Waals surface area (Å²) >= 11 is 6.13. The zero-order valence-corrected chi connectivity index (χ0v) is 10.3. The van der Waals surface area contributed by atoms with E-state index in [1.54, 1.807) is 6.20 Å². The molecule has 2 aromatic rings. The van der Waals surface area contributed by atoms with Gasteiger partial charge in [0.2, 0.25) is 0 Å². The van der Waals surface area contributed by atoms with Gasteiger partial charge in [-0.1, -0.05) is 11.6 Å². The largest absolute Gasteiger partial charge is 0.381 e. The van der Waals surface area contributed by atoms with E-state index in [-0.39, 0.29) is 0 Å². The zero-order chi connectivity index (χ0) is 11.7. The molecule has 2 aromatic heterocycles. The molecule has 17 heavy (non-hydrogen) atoms. The number of hydrogen-bond donors (Lipinski definition) is 1. The van der Waals surface area contributed by atoms with Gasteiger partial charge in [-0.25, -0.2) is 4.98 Å². The molecule has 0 radical (unpaired) electrons. The van der Waals surface area contributed by atoms with Crippen LogP contribution in [0, 0.1) is 5.92 Å². The van der Waals surface area contributed by atoms with Gasteiger partial charge in [0.15, 0.2) is 0 Å². The van der Waals surface area contributed by atoms with Crippen molar-refractivity contribution in [1.82, 2.24) is 9.97 Å². The number of aromatic nitrogens is 2. The number of ether oxygens (including phenoxy) is 1. The van der Waals surface area contributed by atoms with Gasteiger partial charge < -0.3 is 9.72 Å². The van der Waals surface area contributed by atoms with Gasteiger partial charge in [0, 0.05) is 30.5 Å². The van der Waals surface area contributed by atoms with Crippen LogP contribution in [0.15, 0.2) is 18.3 Å². The number of hydrogen-bond acceptors (Lipinski definition) is 2. The Morgan fingerprint density at radius 1 is 1.41 bits per heavy atom. The first kappa shape index (κ1) is 11.1. The lowest BCUT2D eigenvalue weighted by Crippen LogP contribution is -2.17. The van der Waals surface area contributed by atoms with E-state index in [1.807, 2.05) is 6.07 Å². The van der Waals surface area contributed by atoms with E-state index < -0.39 is 0 Å². The van der Waals surface area contributed by atoms with Crippen molar-refractivity contribution in [2.24, 2.45) is 5.92 Å². The molecule has 3 rings (SSSR count). The molecular weight excluding hydrogens is 236 g/mol. The summed E-state index contributed by atoms with van der Waals surface area (Å²) in [5.74, 6) is 0.718. The first-order valence-corrected chi connectivity index (χ1v) is 6.40. The maximum atomic E-state index is 6.13. The van der Waals surface area contributed by atoms with Crippen molar-refractivity contribution in [3.8, 4) is 0 Å². The molecule has 1 N–H and O–H groups in total. The van der Waals surface area contributed by atoms with E-state index in [0.717, 1.165) is 54.5 Å². The van der Waals surface area contributed by atoms with Crippen LogP contribution in [0.25, 0.3) is 11.0 Å². The summed E-state index contributed by atoms with van der Waals surface area (Å²) in [4.78, 5) is 7.64. The molecule has 4 heteroatoms. The van der Waals surface area contributed by atoms with Crippen molar-refractivity contribution in [2.45, 2.75) is 19.3 Å². The van der Waals surface area contributed by atoms with Gasteiger partial charge in [-0.05, 0) is 37.3 Å². The number of aromatic amines is 1. The van der Waals surface area contributed by atoms with Crippen LogP contribution in [0.2, 0.25) is 5.02 Å². The van der Waals surface area contributed by atoms with Gasteiger partial charge in [0.05, 0.1) is 5.02 Å². The highest BCUT2D eigenvalue weighted by Gasteiger charge is 2.15. The van der Waals surface area contributed by atoms with Gasteiger partial charge in [0.1, 0.15) is 5.65 Å². The lowest BCUT2D eigenvalue weighted by Gasteiger charge is -2.21. The van der Waals surface area contributed by atoms with Gasteiger partial charge >= 0.3 is 0 Å². The van der Waals surface area contributed by atoms with Crippen LogP contribution < -0.4 is 0 Å². The third kappa shape index (κ3) is 2.31. The van der Waals surface area contributed by atoms with Crippen LogP contribution in [-0.2, 0) is 11.2 Å². The maximum absolute atomic E-state index is 6.13. The quantitative estimate of drug-likeness (QED) is 0.889. The lowest BCUT2D eigenvalue weighted by atomic mass is 9.95. The van der Waals surface area contributed by atoms with E-state index in [2.05, 4.69) is 16.0 Å². The fourth-order valence-electron chi connectivity index (χ4n) is 2.42. The summed E-state index contributed by atoms with van der Waals surface area (Å²) < 4.78 is 5.37. The van der Waals surface area contributed by atoms with E-state index in [9.17, 15) is 0 Å². The van der Waals surface area contributed by atoms with Crippen molar-refractivity contribution >= 4 is 22.6 Å². The van der Waals surface area contributed by atoms with E-state index in [0.29, 0.717) is 0 Å². The second-order valence-corrected chi connectivity index (χ2v) is 5.02. The molecule has 0 saturated carbocycles. The molecule has 0 aliphatic carbocycles. The Labute approximate surface area is 105 Å². The van der Waals surface area contributed by atoms with Crippen LogP contribution in [-0.4, -0.2) is 23.2 Å². The van der Waals surface area contributed by atoms with Crippen LogP contribution in [0.1, 0.15) is 18.5 Å². The highest BCUT2D eigenvalue weighted by atomic mass is 35.5. The van der Waals surface area contributed by atoms with E-state index >= 15 is 0 Å². The smallest absolute Gasteiger partial charge is 0.138 e. The molecule has 0 atom stereocenters. The second-order valence-electron chi connectivity index (χ2n) is 4.61. The lowest BCUT2D eigenvalue weighted by molar-refractivity contribution is 0.0663. The van der Waals surface area contributed by atoms with Crippen LogP contribution >= 0.6 is 11.6 Å². The summed E-state index contributed by atoms with van der Waals surface area (Å²) in [5.41, 5.74) is 2.12. The monoisotopic (exact) mass is 250 g/mol. The molecule has 0 spiro atoms. The van der Waals surface area contributed by atoms with Gasteiger partial charge in [-0.15, -0.1) is 0 Å². The first-order chi connectivity index (χ1) is 8.33. The van der Waals surface area contributed by atoms with Crippen molar-refractivity contribution < 1.29 is 4.74 Å². The minimum atomic E-state index is 0.718. The number of fused-ring (bicyclic) bond motifs is 1. The van der Waals surface area contributed by atoms with Gasteiger partial charge in [-0.2, -0.15) is 0 Å². The summed E-state index contributed by atoms with van der Waals surface area (Å²) in [5, 5.41) is 1.79. The second kappa shape index (κ2) is 4.67. The minimum Gasteiger partial charge on any atom is -0.381 e. The van der Waals surface area contributed by atoms with Gasteiger partial charge in [0.25, 0.3) is 0 Å². The zero-order valence-electron chi connectivity index (χ0n) is 9.58. The molecule has 3 heterocycles. The molecule has 0 unspecified atom stereocenters. The minimum absolute atomic E-state index is 0.718. The SMILES string of the molecule is Clc1ccnc2[nH]c(CC3CCOCC3)cc12. The Kier molecular flexibility index (Phi) is 3.04. The molecule has 0 aromatic carbocycles. The molecule has 1 fully saturated rings. The molecular formula is C13H15ClN2O. The van der Waals surface area contributed by atoms with Crippen LogP contribution in [0.5, 0.6) is 0 Å². The van der Waals surface area contributed by atoms with Crippen molar-refractivity contribution in [3.05, 3.63) is 29.0 Å². The number of nitrogens with one attached hydrogen (secondary N) is 1. The highest BCUT2D eigenvalue weighted by molar-refractivity contribution is 6.35. The number of halogens is 1. The number of nitrogens with zero attached hydrogens (tertiary/aromatic N) is 1. The van der Waals surface area contributed by atoms with Crippen molar-refractivity contribution in [2.75, 3.05) is 13.2 Å². The Balaban J connectivity index is 1.83. The van der Waals surface area contributed by atoms with Crippen molar-refractivity contribution in [1.29, 1.82) is 0 Å². The Morgan fingerprint density at radius 3 is 3.00 bits per heavy atom. The Hall–Kier alpha value is -1.06. The topological polar surface area (TPSA) is 37.9 Å². The third-order valence-corrected chi connectivity index (χ3v) is 3.71. The predicted molar refractivity (Wildman–Crippen MR) is 68.4 cm³/mol. The fourth-order valence-corrected chi connectivity index (χ4v) is 2.62. The summed E-state index contributed by atoms with van der Waals surface area (Å²) in [6, 6.07) is 3.95. The third-order valence-electron chi connectivity index (χ3n) is 3.38. The summed E-state index contributed by atoms with van der Waals surface area (Å²) in [6.45, 7) is 1.79. The van der Waals surface area contributed by atoms with Crippen LogP contribution in [0.4, 0.5) is 0 Å². The molecule has 3 nitrogen and oxygen atoms in total. The first-order valence-electron chi connectivity index (χ1n) is 6.03. The van der Waals surface area contributed by atoms with E-state index in [1.165, 1.54) is 5.69 Å². The average molecular weight is 251 g/mol. The standard InChI is InChI=1S/C13H15ClN2O/c14-12-1-4-15-13-11(12)8-10(16-13)7-9-2-5-17-6-3-9/h1,4,8-9H,2-3,5-7H2,(H,15,16). The molecule has 0 bridgehead atoms. The highest BCUT2D eigenvalue weighted by Crippen LogP contribution is 2.25. The average Bonchev–Trinajstić information content (AvgIpc) is 2.74. The molecule has 1 saturated heterocycles. The van der Waals surface area contributed by atoms with Crippen molar-refractivity contribution in [3.63, 3.8) is 0 Å². The fraction of sp³-hybridized carbons (Fsp3) is 0.462.